The average molecular weight is 473 g/mol. The smallest absolute Gasteiger partial charge is 0.317 e. The van der Waals surface area contributed by atoms with Crippen LogP contribution in [0.4, 0.5) is 9.18 Å². The zero-order valence-electron chi connectivity index (χ0n) is 20.3. The van der Waals surface area contributed by atoms with Gasteiger partial charge in [0.05, 0.1) is 19.2 Å². The van der Waals surface area contributed by atoms with Gasteiger partial charge in [-0.1, -0.05) is 19.1 Å². The van der Waals surface area contributed by atoms with Gasteiger partial charge >= 0.3 is 6.03 Å². The molecule has 0 saturated carbocycles. The van der Waals surface area contributed by atoms with Crippen LogP contribution in [0, 0.1) is 11.7 Å². The standard InChI is InChI=1S/C25H33FN4O4/c1-15(2)28-25(33)29(5)13-22-16(3)12-30(17(4)14-31)24(32)21-10-19(11-27-23(21)34-22)18-6-8-20(26)9-7-18/h6-11,15-17,22,31H,12-14H2,1-5H3,(H,28,33)/t16-,17+,22-/m0/s1. The molecule has 2 heterocycles. The van der Waals surface area contributed by atoms with E-state index in [1.54, 1.807) is 48.2 Å². The maximum Gasteiger partial charge on any atom is 0.317 e. The highest BCUT2D eigenvalue weighted by molar-refractivity contribution is 5.98. The number of rotatable bonds is 6. The molecule has 0 spiro atoms. The number of hydrogen-bond acceptors (Lipinski definition) is 5. The van der Waals surface area contributed by atoms with Gasteiger partial charge in [-0.25, -0.2) is 14.2 Å². The van der Waals surface area contributed by atoms with Crippen LogP contribution in [-0.4, -0.2) is 76.8 Å². The van der Waals surface area contributed by atoms with Gasteiger partial charge < -0.3 is 25.0 Å². The van der Waals surface area contributed by atoms with Crippen molar-refractivity contribution in [1.29, 1.82) is 0 Å². The van der Waals surface area contributed by atoms with Gasteiger partial charge in [-0.2, -0.15) is 0 Å². The third-order valence-electron chi connectivity index (χ3n) is 5.91. The third kappa shape index (κ3) is 5.83. The maximum absolute atomic E-state index is 13.5. The van der Waals surface area contributed by atoms with Gasteiger partial charge in [0.1, 0.15) is 17.5 Å². The van der Waals surface area contributed by atoms with E-state index in [9.17, 15) is 19.1 Å². The average Bonchev–Trinajstić information content (AvgIpc) is 2.80. The Labute approximate surface area is 199 Å². The van der Waals surface area contributed by atoms with Gasteiger partial charge in [0, 0.05) is 37.3 Å². The van der Waals surface area contributed by atoms with E-state index >= 15 is 0 Å². The van der Waals surface area contributed by atoms with E-state index < -0.39 is 12.1 Å². The van der Waals surface area contributed by atoms with Crippen LogP contribution >= 0.6 is 0 Å². The molecule has 1 aromatic heterocycles. The summed E-state index contributed by atoms with van der Waals surface area (Å²) in [5.41, 5.74) is 1.61. The second-order valence-corrected chi connectivity index (χ2v) is 9.19. The fourth-order valence-electron chi connectivity index (χ4n) is 3.83. The molecule has 0 unspecified atom stereocenters. The molecule has 3 atom stereocenters. The highest BCUT2D eigenvalue weighted by atomic mass is 19.1. The second-order valence-electron chi connectivity index (χ2n) is 9.19. The molecule has 0 radical (unpaired) electrons. The van der Waals surface area contributed by atoms with Crippen LogP contribution in [0.15, 0.2) is 36.5 Å². The summed E-state index contributed by atoms with van der Waals surface area (Å²) in [6.45, 7) is 7.93. The van der Waals surface area contributed by atoms with E-state index in [0.717, 1.165) is 0 Å². The van der Waals surface area contributed by atoms with Crippen LogP contribution in [-0.2, 0) is 0 Å². The quantitative estimate of drug-likeness (QED) is 0.674. The Balaban J connectivity index is 1.98. The molecule has 184 valence electrons. The van der Waals surface area contributed by atoms with Gasteiger partial charge in [0.25, 0.3) is 5.91 Å². The van der Waals surface area contributed by atoms with Crippen LogP contribution in [0.2, 0.25) is 0 Å². The monoisotopic (exact) mass is 472 g/mol. The first-order chi connectivity index (χ1) is 16.1. The summed E-state index contributed by atoms with van der Waals surface area (Å²) in [6, 6.07) is 6.97. The molecular weight excluding hydrogens is 439 g/mol. The minimum absolute atomic E-state index is 0.00332. The Morgan fingerprint density at radius 2 is 1.97 bits per heavy atom. The first kappa shape index (κ1) is 25.4. The molecule has 8 nitrogen and oxygen atoms in total. The van der Waals surface area contributed by atoms with Gasteiger partial charge in [0.2, 0.25) is 5.88 Å². The lowest BCUT2D eigenvalue weighted by atomic mass is 9.99. The van der Waals surface area contributed by atoms with Gasteiger partial charge in [-0.3, -0.25) is 4.79 Å². The van der Waals surface area contributed by atoms with Gasteiger partial charge in [-0.15, -0.1) is 0 Å². The number of likely N-dealkylation sites (N-methyl/N-ethyl adjacent to an activating group) is 1. The third-order valence-corrected chi connectivity index (χ3v) is 5.91. The molecule has 0 bridgehead atoms. The summed E-state index contributed by atoms with van der Waals surface area (Å²) >= 11 is 0. The predicted molar refractivity (Wildman–Crippen MR) is 127 cm³/mol. The van der Waals surface area contributed by atoms with E-state index in [1.165, 1.54) is 12.1 Å². The lowest BCUT2D eigenvalue weighted by molar-refractivity contribution is 0.0352. The van der Waals surface area contributed by atoms with Crippen LogP contribution in [0.5, 0.6) is 5.88 Å². The summed E-state index contributed by atoms with van der Waals surface area (Å²) in [7, 11) is 1.69. The van der Waals surface area contributed by atoms with Crippen molar-refractivity contribution >= 4 is 11.9 Å². The highest BCUT2D eigenvalue weighted by Crippen LogP contribution is 2.30. The molecule has 3 rings (SSSR count). The van der Waals surface area contributed by atoms with Crippen LogP contribution < -0.4 is 10.1 Å². The van der Waals surface area contributed by atoms with Crippen molar-refractivity contribution in [1.82, 2.24) is 20.1 Å². The van der Waals surface area contributed by atoms with Crippen molar-refractivity contribution in [2.24, 2.45) is 5.92 Å². The molecular formula is C25H33FN4O4. The number of aliphatic hydroxyl groups excluding tert-OH is 1. The molecule has 0 aliphatic carbocycles. The Morgan fingerprint density at radius 1 is 1.29 bits per heavy atom. The van der Waals surface area contributed by atoms with E-state index in [2.05, 4.69) is 10.3 Å². The lowest BCUT2D eigenvalue weighted by Gasteiger charge is -2.37. The van der Waals surface area contributed by atoms with Crippen molar-refractivity contribution in [2.75, 3.05) is 26.7 Å². The zero-order chi connectivity index (χ0) is 25.0. The molecule has 9 heteroatoms. The number of aliphatic hydroxyl groups is 1. The summed E-state index contributed by atoms with van der Waals surface area (Å²) in [5, 5.41) is 12.6. The number of urea groups is 1. The minimum atomic E-state index is -0.438. The van der Waals surface area contributed by atoms with E-state index in [1.807, 2.05) is 20.8 Å². The Morgan fingerprint density at radius 3 is 2.59 bits per heavy atom. The van der Waals surface area contributed by atoms with Crippen molar-refractivity contribution < 1.29 is 23.8 Å². The topological polar surface area (TPSA) is 95.0 Å². The van der Waals surface area contributed by atoms with E-state index in [0.29, 0.717) is 17.7 Å². The lowest BCUT2D eigenvalue weighted by Crippen LogP contribution is -2.51. The van der Waals surface area contributed by atoms with Crippen LogP contribution in [0.1, 0.15) is 38.1 Å². The number of benzene rings is 1. The van der Waals surface area contributed by atoms with Crippen LogP contribution in [0.3, 0.4) is 0 Å². The number of ether oxygens (including phenoxy) is 1. The summed E-state index contributed by atoms with van der Waals surface area (Å²) in [5.74, 6) is -0.629. The molecule has 2 aromatic rings. The van der Waals surface area contributed by atoms with E-state index in [4.69, 9.17) is 4.74 Å². The minimum Gasteiger partial charge on any atom is -0.472 e. The fourth-order valence-corrected chi connectivity index (χ4v) is 3.83. The van der Waals surface area contributed by atoms with Crippen molar-refractivity contribution in [3.05, 3.63) is 47.9 Å². The maximum atomic E-state index is 13.5. The molecule has 0 fully saturated rings. The number of carbonyl (C=O) groups is 2. The van der Waals surface area contributed by atoms with E-state index in [-0.39, 0.29) is 54.3 Å². The summed E-state index contributed by atoms with van der Waals surface area (Å²) in [4.78, 5) is 33.5. The number of halogens is 1. The van der Waals surface area contributed by atoms with Crippen LogP contribution in [0.25, 0.3) is 11.1 Å². The number of nitrogens with zero attached hydrogens (tertiary/aromatic N) is 3. The number of fused-ring (bicyclic) bond motifs is 1. The summed E-state index contributed by atoms with van der Waals surface area (Å²) < 4.78 is 19.6. The van der Waals surface area contributed by atoms with Crippen molar-refractivity contribution in [3.8, 4) is 17.0 Å². The molecule has 1 aliphatic heterocycles. The number of pyridine rings is 1. The largest absolute Gasteiger partial charge is 0.472 e. The number of nitrogens with one attached hydrogen (secondary N) is 1. The molecule has 34 heavy (non-hydrogen) atoms. The Hall–Kier alpha value is -3.20. The predicted octanol–water partition coefficient (Wildman–Crippen LogP) is 3.16. The normalized spacial score (nSPS) is 19.1. The zero-order valence-corrected chi connectivity index (χ0v) is 20.3. The Kier molecular flexibility index (Phi) is 8.09. The molecule has 3 amide bonds. The number of hydrogen-bond donors (Lipinski definition) is 2. The number of amides is 3. The molecule has 1 aliphatic rings. The second kappa shape index (κ2) is 10.8. The number of aromatic nitrogens is 1. The molecule has 0 saturated heterocycles. The van der Waals surface area contributed by atoms with Gasteiger partial charge in [0.15, 0.2) is 0 Å². The summed E-state index contributed by atoms with van der Waals surface area (Å²) in [6.07, 6.45) is 1.14. The first-order valence-corrected chi connectivity index (χ1v) is 11.5. The van der Waals surface area contributed by atoms with Gasteiger partial charge in [-0.05, 0) is 44.5 Å². The molecule has 2 N–H and O–H groups in total. The number of carbonyl (C=O) groups excluding carboxylic acids is 2. The first-order valence-electron chi connectivity index (χ1n) is 11.5. The Bertz CT molecular complexity index is 1010. The molecule has 1 aromatic carbocycles. The fraction of sp³-hybridized carbons (Fsp3) is 0.480. The highest BCUT2D eigenvalue weighted by Gasteiger charge is 2.34. The van der Waals surface area contributed by atoms with Crippen molar-refractivity contribution in [2.45, 2.75) is 45.9 Å². The SMILES string of the molecule is CC(C)NC(=O)N(C)C[C@@H]1Oc2ncc(-c3ccc(F)cc3)cc2C(=O)N([C@H](C)CO)C[C@@H]1C. The van der Waals surface area contributed by atoms with Crippen molar-refractivity contribution in [3.63, 3.8) is 0 Å².